The monoisotopic (exact) mass is 708 g/mol. The van der Waals surface area contributed by atoms with E-state index in [-0.39, 0.29) is 0 Å². The van der Waals surface area contributed by atoms with E-state index >= 15 is 0 Å². The number of benzene rings is 8. The van der Waals surface area contributed by atoms with E-state index in [4.69, 9.17) is 0 Å². The van der Waals surface area contributed by atoms with Crippen LogP contribution < -0.4 is 9.80 Å². The Bertz CT molecular complexity index is 2650. The Morgan fingerprint density at radius 1 is 0.400 bits per heavy atom. The predicted octanol–water partition coefficient (Wildman–Crippen LogP) is 15.1. The third-order valence-electron chi connectivity index (χ3n) is 10.4. The normalized spacial score (nSPS) is 11.5. The number of fused-ring (bicyclic) bond motifs is 2. The summed E-state index contributed by atoms with van der Waals surface area (Å²) < 4.78 is 0. The Kier molecular flexibility index (Phi) is 10.2. The van der Waals surface area contributed by atoms with Crippen molar-refractivity contribution in [2.24, 2.45) is 0 Å². The highest BCUT2D eigenvalue weighted by Crippen LogP contribution is 2.42. The van der Waals surface area contributed by atoms with E-state index in [1.807, 2.05) is 12.2 Å². The van der Waals surface area contributed by atoms with Crippen molar-refractivity contribution in [3.8, 4) is 11.1 Å². The summed E-state index contributed by atoms with van der Waals surface area (Å²) in [5.74, 6) is 0. The second-order valence-corrected chi connectivity index (χ2v) is 13.9. The standard InChI is InChI=1S/C53H44N2/c1-4-5-6-7-11-20-41-21-18-29-46(35-41)54(44-25-14-9-15-26-44)48-31-33-50-40(3)53-38-49(32-34-51(53)39(2)52(50)37-48)55(45-27-16-10-17-28-45)47-30-19-24-43(36-47)42-22-12-8-13-23-42/h4-19,21-38H,1,20H2,2-3H3/b6-5-,11-7-. The van der Waals surface area contributed by atoms with E-state index in [0.717, 1.165) is 40.5 Å². The minimum atomic E-state index is 0.849. The molecule has 0 atom stereocenters. The number of allylic oxidation sites excluding steroid dienone is 5. The molecule has 0 N–H and O–H groups in total. The number of aryl methyl sites for hydroxylation is 2. The molecule has 0 aliphatic rings. The van der Waals surface area contributed by atoms with Gasteiger partial charge in [-0.15, -0.1) is 0 Å². The summed E-state index contributed by atoms with van der Waals surface area (Å²) in [6, 6.07) is 63.6. The predicted molar refractivity (Wildman–Crippen MR) is 238 cm³/mol. The minimum Gasteiger partial charge on any atom is -0.310 e. The molecule has 0 aromatic heterocycles. The van der Waals surface area contributed by atoms with Crippen molar-refractivity contribution in [2.75, 3.05) is 9.80 Å². The fraction of sp³-hybridized carbons (Fsp3) is 0.0566. The first kappa shape index (κ1) is 35.1. The van der Waals surface area contributed by atoms with Crippen molar-refractivity contribution < 1.29 is 0 Å². The first-order chi connectivity index (χ1) is 27.1. The molecule has 0 amide bonds. The zero-order chi connectivity index (χ0) is 37.6. The molecule has 2 nitrogen and oxygen atoms in total. The number of anilines is 6. The highest BCUT2D eigenvalue weighted by molar-refractivity contribution is 6.08. The van der Waals surface area contributed by atoms with Gasteiger partial charge in [0.05, 0.1) is 0 Å². The van der Waals surface area contributed by atoms with Crippen molar-refractivity contribution in [3.63, 3.8) is 0 Å². The topological polar surface area (TPSA) is 6.48 Å². The van der Waals surface area contributed by atoms with E-state index < -0.39 is 0 Å². The molecular weight excluding hydrogens is 665 g/mol. The average Bonchev–Trinajstić information content (AvgIpc) is 3.24. The fourth-order valence-electron chi connectivity index (χ4n) is 7.66. The van der Waals surface area contributed by atoms with Crippen LogP contribution in [-0.2, 0) is 6.42 Å². The first-order valence-corrected chi connectivity index (χ1v) is 18.9. The van der Waals surface area contributed by atoms with Crippen LogP contribution in [0.25, 0.3) is 32.7 Å². The van der Waals surface area contributed by atoms with E-state index in [9.17, 15) is 0 Å². The van der Waals surface area contributed by atoms with Gasteiger partial charge in [-0.3, -0.25) is 0 Å². The van der Waals surface area contributed by atoms with Crippen LogP contribution in [0.15, 0.2) is 213 Å². The van der Waals surface area contributed by atoms with Crippen molar-refractivity contribution in [2.45, 2.75) is 20.3 Å². The van der Waals surface area contributed by atoms with Crippen LogP contribution in [0.2, 0.25) is 0 Å². The summed E-state index contributed by atoms with van der Waals surface area (Å²) in [5.41, 5.74) is 13.0. The van der Waals surface area contributed by atoms with Crippen LogP contribution in [-0.4, -0.2) is 0 Å². The molecule has 0 unspecified atom stereocenters. The molecule has 0 heterocycles. The van der Waals surface area contributed by atoms with Gasteiger partial charge in [0.15, 0.2) is 0 Å². The van der Waals surface area contributed by atoms with Gasteiger partial charge in [-0.1, -0.05) is 140 Å². The molecule has 0 saturated heterocycles. The highest BCUT2D eigenvalue weighted by atomic mass is 15.1. The number of rotatable bonds is 11. The SMILES string of the molecule is C=C/C=C\C=C/Cc1cccc(N(c2ccccc2)c2ccc3c(C)c4cc(N(c5ccccc5)c5cccc(-c6ccccc6)c5)ccc4c(C)c3c2)c1. The quantitative estimate of drug-likeness (QED) is 0.0975. The fourth-order valence-corrected chi connectivity index (χ4v) is 7.66. The summed E-state index contributed by atoms with van der Waals surface area (Å²) in [5, 5.41) is 5.06. The molecule has 0 aliphatic heterocycles. The van der Waals surface area contributed by atoms with Gasteiger partial charge in [0.2, 0.25) is 0 Å². The first-order valence-electron chi connectivity index (χ1n) is 18.9. The van der Waals surface area contributed by atoms with Gasteiger partial charge in [-0.25, -0.2) is 0 Å². The minimum absolute atomic E-state index is 0.849. The lowest BCUT2D eigenvalue weighted by Crippen LogP contribution is -2.10. The maximum Gasteiger partial charge on any atom is 0.0468 e. The van der Waals surface area contributed by atoms with Gasteiger partial charge in [-0.2, -0.15) is 0 Å². The van der Waals surface area contributed by atoms with Crippen LogP contribution >= 0.6 is 0 Å². The van der Waals surface area contributed by atoms with Gasteiger partial charge in [0.1, 0.15) is 0 Å². The summed E-state index contributed by atoms with van der Waals surface area (Å²) >= 11 is 0. The zero-order valence-electron chi connectivity index (χ0n) is 31.4. The molecule has 0 aliphatic carbocycles. The van der Waals surface area contributed by atoms with E-state index in [2.05, 4.69) is 218 Å². The van der Waals surface area contributed by atoms with Gasteiger partial charge >= 0.3 is 0 Å². The summed E-state index contributed by atoms with van der Waals surface area (Å²) in [6.07, 6.45) is 10.9. The summed E-state index contributed by atoms with van der Waals surface area (Å²) in [6.45, 7) is 8.30. The van der Waals surface area contributed by atoms with Crippen LogP contribution in [0, 0.1) is 13.8 Å². The Morgan fingerprint density at radius 2 is 0.873 bits per heavy atom. The maximum absolute atomic E-state index is 3.76. The van der Waals surface area contributed by atoms with E-state index in [1.165, 1.54) is 49.4 Å². The molecule has 0 saturated carbocycles. The van der Waals surface area contributed by atoms with Crippen molar-refractivity contribution in [1.29, 1.82) is 0 Å². The number of nitrogens with zero attached hydrogens (tertiary/aromatic N) is 2. The number of hydrogen-bond donors (Lipinski definition) is 0. The highest BCUT2D eigenvalue weighted by Gasteiger charge is 2.18. The molecular formula is C53H44N2. The smallest absolute Gasteiger partial charge is 0.0468 e. The number of hydrogen-bond acceptors (Lipinski definition) is 2. The van der Waals surface area contributed by atoms with Gasteiger partial charge in [0, 0.05) is 34.1 Å². The molecule has 8 aromatic rings. The average molecular weight is 709 g/mol. The van der Waals surface area contributed by atoms with Crippen molar-refractivity contribution in [3.05, 3.63) is 230 Å². The molecule has 0 spiro atoms. The Hall–Kier alpha value is -6.90. The van der Waals surface area contributed by atoms with Crippen LogP contribution in [0.1, 0.15) is 16.7 Å². The molecule has 2 heteroatoms. The molecule has 8 aromatic carbocycles. The molecule has 266 valence electrons. The number of para-hydroxylation sites is 2. The largest absolute Gasteiger partial charge is 0.310 e. The van der Waals surface area contributed by atoms with Gasteiger partial charge in [-0.05, 0) is 142 Å². The lowest BCUT2D eigenvalue weighted by Gasteiger charge is -2.28. The summed E-state index contributed by atoms with van der Waals surface area (Å²) in [7, 11) is 0. The van der Waals surface area contributed by atoms with Crippen molar-refractivity contribution >= 4 is 55.7 Å². The summed E-state index contributed by atoms with van der Waals surface area (Å²) in [4.78, 5) is 4.74. The maximum atomic E-state index is 3.76. The van der Waals surface area contributed by atoms with Crippen LogP contribution in [0.4, 0.5) is 34.1 Å². The Balaban J connectivity index is 1.22. The van der Waals surface area contributed by atoms with Gasteiger partial charge < -0.3 is 9.80 Å². The molecule has 0 bridgehead atoms. The Labute approximate surface area is 325 Å². The lowest BCUT2D eigenvalue weighted by molar-refractivity contribution is 1.23. The van der Waals surface area contributed by atoms with E-state index in [0.29, 0.717) is 0 Å². The third kappa shape index (κ3) is 7.36. The lowest BCUT2D eigenvalue weighted by atomic mass is 9.92. The molecule has 0 radical (unpaired) electrons. The van der Waals surface area contributed by atoms with Crippen LogP contribution in [0.3, 0.4) is 0 Å². The molecule has 0 fully saturated rings. The zero-order valence-corrected chi connectivity index (χ0v) is 31.4. The Morgan fingerprint density at radius 3 is 1.44 bits per heavy atom. The van der Waals surface area contributed by atoms with Gasteiger partial charge in [0.25, 0.3) is 0 Å². The third-order valence-corrected chi connectivity index (χ3v) is 10.4. The molecule has 8 rings (SSSR count). The van der Waals surface area contributed by atoms with Crippen LogP contribution in [0.5, 0.6) is 0 Å². The second kappa shape index (κ2) is 16.0. The van der Waals surface area contributed by atoms with E-state index in [1.54, 1.807) is 6.08 Å². The van der Waals surface area contributed by atoms with Crippen molar-refractivity contribution in [1.82, 2.24) is 0 Å². The second-order valence-electron chi connectivity index (χ2n) is 13.9. The molecule has 55 heavy (non-hydrogen) atoms.